The zero-order chi connectivity index (χ0) is 32.7. The van der Waals surface area contributed by atoms with E-state index in [0.717, 1.165) is 32.6 Å². The highest BCUT2D eigenvalue weighted by Crippen LogP contribution is 2.53. The molecule has 2 aromatic rings. The van der Waals surface area contributed by atoms with Gasteiger partial charge in [-0.25, -0.2) is 9.59 Å². The smallest absolute Gasteiger partial charge is 0.483 e. The lowest BCUT2D eigenvalue weighted by molar-refractivity contribution is -0.193. The highest BCUT2D eigenvalue weighted by Gasteiger charge is 2.47. The number of nitrogens with one attached hydrogen (secondary N) is 1. The molecule has 9 nitrogen and oxygen atoms in total. The van der Waals surface area contributed by atoms with Crippen LogP contribution in [0.3, 0.4) is 0 Å². The first-order chi connectivity index (χ1) is 20.5. The number of piperidine rings is 1. The largest absolute Gasteiger partial charge is 0.490 e. The zero-order valence-electron chi connectivity index (χ0n) is 23.8. The summed E-state index contributed by atoms with van der Waals surface area (Å²) in [6.07, 6.45) is -2.57. The van der Waals surface area contributed by atoms with Crippen molar-refractivity contribution in [1.29, 1.82) is 0 Å². The van der Waals surface area contributed by atoms with Crippen LogP contribution in [0.4, 0.5) is 26.3 Å². The van der Waals surface area contributed by atoms with Gasteiger partial charge in [-0.3, -0.25) is 9.69 Å². The molecular weight excluding hydrogens is 602 g/mol. The maximum absolute atomic E-state index is 12.6. The Kier molecular flexibility index (Phi) is 11.5. The number of alkyl halides is 6. The lowest BCUT2D eigenvalue weighted by Crippen LogP contribution is -2.49. The van der Waals surface area contributed by atoms with E-state index in [-0.39, 0.29) is 11.5 Å². The second kappa shape index (κ2) is 14.5. The van der Waals surface area contributed by atoms with E-state index in [1.165, 1.54) is 43.1 Å². The quantitative estimate of drug-likeness (QED) is 0.388. The van der Waals surface area contributed by atoms with Crippen molar-refractivity contribution in [3.63, 3.8) is 0 Å². The van der Waals surface area contributed by atoms with Crippen LogP contribution < -0.4 is 15.5 Å². The Morgan fingerprint density at radius 3 is 2.11 bits per heavy atom. The first kappa shape index (κ1) is 34.9. The maximum Gasteiger partial charge on any atom is 0.490 e. The Balaban J connectivity index is 0.000000317. The average Bonchev–Trinajstić information content (AvgIpc) is 2.93. The Bertz CT molecular complexity index is 1310. The van der Waals surface area contributed by atoms with Gasteiger partial charge in [-0.05, 0) is 74.6 Å². The van der Waals surface area contributed by atoms with Crippen molar-refractivity contribution >= 4 is 11.9 Å². The van der Waals surface area contributed by atoms with Crippen LogP contribution >= 0.6 is 0 Å². The maximum atomic E-state index is 12.6. The van der Waals surface area contributed by atoms with Crippen LogP contribution in [0.25, 0.3) is 0 Å². The summed E-state index contributed by atoms with van der Waals surface area (Å²) in [4.78, 5) is 32.7. The number of benzene rings is 1. The van der Waals surface area contributed by atoms with Gasteiger partial charge in [0.2, 0.25) is 11.2 Å². The minimum Gasteiger partial charge on any atom is -0.483 e. The Morgan fingerprint density at radius 1 is 1.05 bits per heavy atom. The standard InChI is InChI=1S/C25H32N2O3.2C2HF3O2/c1-18(21-13-25(14-21)7-9-26-10-8-25)30-24-17-29-22(12-23(24)28)16-27-11-6-19-4-2-3-5-20(19)15-27;2*3-2(4,5)1(6)7/h2-5,12,17-18,21,26H,6-11,13-16H2,1H3;2*(H,6,7). The first-order valence-corrected chi connectivity index (χ1v) is 13.9. The number of carbonyl (C=O) groups is 2. The predicted octanol–water partition coefficient (Wildman–Crippen LogP) is 5.01. The number of carboxylic acid groups (broad SMARTS) is 2. The van der Waals surface area contributed by atoms with Gasteiger partial charge < -0.3 is 24.7 Å². The summed E-state index contributed by atoms with van der Waals surface area (Å²) in [7, 11) is 0. The number of carboxylic acids is 2. The second-order valence-electron chi connectivity index (χ2n) is 11.2. The molecule has 3 aliphatic rings. The molecule has 1 aliphatic carbocycles. The SMILES string of the molecule is CC(Oc1coc(CN2CCc3ccccc3C2)cc1=O)C1CC2(CCNCC2)C1.O=C(O)C(F)(F)F.O=C(O)C(F)(F)F. The molecule has 0 radical (unpaired) electrons. The minimum atomic E-state index is -5.08. The number of hydrogen-bond donors (Lipinski definition) is 3. The third kappa shape index (κ3) is 9.97. The van der Waals surface area contributed by atoms with Crippen molar-refractivity contribution in [2.75, 3.05) is 19.6 Å². The number of hydrogen-bond acceptors (Lipinski definition) is 7. The van der Waals surface area contributed by atoms with E-state index in [2.05, 4.69) is 41.4 Å². The third-order valence-electron chi connectivity index (χ3n) is 7.96. The van der Waals surface area contributed by atoms with Crippen LogP contribution in [0.15, 0.2) is 45.8 Å². The van der Waals surface area contributed by atoms with Gasteiger partial charge in [0.25, 0.3) is 0 Å². The fourth-order valence-corrected chi connectivity index (χ4v) is 5.56. The second-order valence-corrected chi connectivity index (χ2v) is 11.2. The zero-order valence-corrected chi connectivity index (χ0v) is 23.8. The van der Waals surface area contributed by atoms with Crippen molar-refractivity contribution in [2.45, 2.75) is 70.6 Å². The van der Waals surface area contributed by atoms with Crippen molar-refractivity contribution in [2.24, 2.45) is 11.3 Å². The molecular formula is C29H34F6N2O7. The van der Waals surface area contributed by atoms with Gasteiger partial charge in [-0.2, -0.15) is 26.3 Å². The fraction of sp³-hybridized carbons (Fsp3) is 0.552. The summed E-state index contributed by atoms with van der Waals surface area (Å²) >= 11 is 0. The van der Waals surface area contributed by atoms with Crippen molar-refractivity contribution < 1.29 is 55.3 Å². The molecule has 2 aliphatic heterocycles. The van der Waals surface area contributed by atoms with Crippen LogP contribution in [-0.4, -0.2) is 65.1 Å². The summed E-state index contributed by atoms with van der Waals surface area (Å²) < 4.78 is 75.3. The topological polar surface area (TPSA) is 129 Å². The van der Waals surface area contributed by atoms with Gasteiger partial charge in [-0.15, -0.1) is 0 Å². The summed E-state index contributed by atoms with van der Waals surface area (Å²) in [6.45, 7) is 6.89. The molecule has 3 heterocycles. The minimum absolute atomic E-state index is 0.0536. The molecule has 44 heavy (non-hydrogen) atoms. The van der Waals surface area contributed by atoms with Crippen molar-refractivity contribution in [1.82, 2.24) is 10.2 Å². The fourth-order valence-electron chi connectivity index (χ4n) is 5.56. The van der Waals surface area contributed by atoms with E-state index in [4.69, 9.17) is 29.0 Å². The van der Waals surface area contributed by atoms with Crippen LogP contribution in [0.5, 0.6) is 5.75 Å². The molecule has 0 amide bonds. The molecule has 1 aromatic heterocycles. The monoisotopic (exact) mass is 636 g/mol. The molecule has 0 bridgehead atoms. The third-order valence-corrected chi connectivity index (χ3v) is 7.96. The number of fused-ring (bicyclic) bond motifs is 1. The Hall–Kier alpha value is -3.59. The molecule has 1 aromatic carbocycles. The summed E-state index contributed by atoms with van der Waals surface area (Å²) in [5.74, 6) is -3.92. The summed E-state index contributed by atoms with van der Waals surface area (Å²) in [5.41, 5.74) is 3.24. The summed E-state index contributed by atoms with van der Waals surface area (Å²) in [6, 6.07) is 10.2. The average molecular weight is 637 g/mol. The molecule has 1 saturated heterocycles. The molecule has 244 valence electrons. The molecule has 15 heteroatoms. The molecule has 1 spiro atoms. The normalized spacial score (nSPS) is 18.8. The van der Waals surface area contributed by atoms with Crippen molar-refractivity contribution in [3.05, 3.63) is 63.7 Å². The van der Waals surface area contributed by atoms with Crippen LogP contribution in [0.2, 0.25) is 0 Å². The van der Waals surface area contributed by atoms with Gasteiger partial charge >= 0.3 is 24.3 Å². The molecule has 1 unspecified atom stereocenters. The van der Waals surface area contributed by atoms with E-state index in [1.807, 2.05) is 0 Å². The highest BCUT2D eigenvalue weighted by atomic mass is 19.4. The number of nitrogens with zero attached hydrogens (tertiary/aromatic N) is 1. The predicted molar refractivity (Wildman–Crippen MR) is 144 cm³/mol. The van der Waals surface area contributed by atoms with Gasteiger partial charge in [-0.1, -0.05) is 24.3 Å². The van der Waals surface area contributed by atoms with Gasteiger partial charge in [0, 0.05) is 19.2 Å². The number of halogens is 6. The Morgan fingerprint density at radius 2 is 1.59 bits per heavy atom. The number of rotatable bonds is 5. The van der Waals surface area contributed by atoms with Crippen LogP contribution in [0.1, 0.15) is 49.5 Å². The van der Waals surface area contributed by atoms with E-state index in [9.17, 15) is 31.1 Å². The van der Waals surface area contributed by atoms with E-state index in [1.54, 1.807) is 6.07 Å². The van der Waals surface area contributed by atoms with Gasteiger partial charge in [0.15, 0.2) is 0 Å². The number of ether oxygens (including phenoxy) is 1. The molecule has 1 saturated carbocycles. The van der Waals surface area contributed by atoms with Crippen LogP contribution in [-0.2, 0) is 29.1 Å². The Labute approximate surface area is 248 Å². The summed E-state index contributed by atoms with van der Waals surface area (Å²) in [5, 5.41) is 17.7. The van der Waals surface area contributed by atoms with Gasteiger partial charge in [0.1, 0.15) is 12.0 Å². The van der Waals surface area contributed by atoms with Gasteiger partial charge in [0.05, 0.1) is 12.6 Å². The van der Waals surface area contributed by atoms with E-state index in [0.29, 0.717) is 29.4 Å². The van der Waals surface area contributed by atoms with Crippen molar-refractivity contribution in [3.8, 4) is 5.75 Å². The molecule has 2 fully saturated rings. The first-order valence-electron chi connectivity index (χ1n) is 13.9. The van der Waals surface area contributed by atoms with E-state index >= 15 is 0 Å². The molecule has 3 N–H and O–H groups in total. The molecule has 5 rings (SSSR count). The highest BCUT2D eigenvalue weighted by molar-refractivity contribution is 5.73. The number of aliphatic carboxylic acids is 2. The van der Waals surface area contributed by atoms with E-state index < -0.39 is 24.3 Å². The lowest BCUT2D eigenvalue weighted by atomic mass is 9.56. The molecule has 1 atom stereocenters. The lowest BCUT2D eigenvalue weighted by Gasteiger charge is -2.52. The van der Waals surface area contributed by atoms with Crippen LogP contribution in [0, 0.1) is 11.3 Å².